The molecule has 1 aromatic rings. The molecule has 0 spiro atoms. The van der Waals surface area contributed by atoms with Crippen LogP contribution in [0.3, 0.4) is 0 Å². The summed E-state index contributed by atoms with van der Waals surface area (Å²) in [7, 11) is 1.08. The van der Waals surface area contributed by atoms with Crippen LogP contribution < -0.4 is 0 Å². The molecule has 0 aliphatic heterocycles. The molecule has 0 aromatic heterocycles. The SMILES string of the molecule is O=S(=O)(Cl)c1ccc(C(F)C(F)F)cc1. The third kappa shape index (κ3) is 3.10. The van der Waals surface area contributed by atoms with Gasteiger partial charge in [0.1, 0.15) is 0 Å². The number of halogens is 4. The zero-order chi connectivity index (χ0) is 11.6. The number of rotatable bonds is 3. The molecular formula is C8H6ClF3O2S. The maximum absolute atomic E-state index is 12.8. The molecule has 7 heteroatoms. The maximum Gasteiger partial charge on any atom is 0.273 e. The lowest BCUT2D eigenvalue weighted by molar-refractivity contribution is 0.0495. The van der Waals surface area contributed by atoms with Crippen molar-refractivity contribution in [3.05, 3.63) is 29.8 Å². The van der Waals surface area contributed by atoms with Crippen molar-refractivity contribution in [2.75, 3.05) is 0 Å². The van der Waals surface area contributed by atoms with Crippen molar-refractivity contribution >= 4 is 19.7 Å². The average Bonchev–Trinajstić information content (AvgIpc) is 2.15. The summed E-state index contributed by atoms with van der Waals surface area (Å²) in [5, 5.41) is 0. The van der Waals surface area contributed by atoms with Crippen molar-refractivity contribution in [3.8, 4) is 0 Å². The molecule has 1 atom stereocenters. The monoisotopic (exact) mass is 258 g/mol. The molecule has 84 valence electrons. The summed E-state index contributed by atoms with van der Waals surface area (Å²) in [6.45, 7) is 0. The molecular weight excluding hydrogens is 253 g/mol. The molecule has 15 heavy (non-hydrogen) atoms. The first-order chi connectivity index (χ1) is 6.82. The summed E-state index contributed by atoms with van der Waals surface area (Å²) < 4.78 is 58.2. The predicted octanol–water partition coefficient (Wildman–Crippen LogP) is 2.89. The summed E-state index contributed by atoms with van der Waals surface area (Å²) in [5.74, 6) is 0. The normalized spacial score (nSPS) is 14.2. The zero-order valence-corrected chi connectivity index (χ0v) is 8.77. The Labute approximate surface area is 89.1 Å². The van der Waals surface area contributed by atoms with Gasteiger partial charge in [0.25, 0.3) is 15.5 Å². The molecule has 0 bridgehead atoms. The van der Waals surface area contributed by atoms with E-state index in [9.17, 15) is 21.6 Å². The van der Waals surface area contributed by atoms with Crippen LogP contribution in [0.2, 0.25) is 0 Å². The third-order valence-electron chi connectivity index (χ3n) is 1.70. The molecule has 1 aromatic carbocycles. The molecule has 1 unspecified atom stereocenters. The van der Waals surface area contributed by atoms with Crippen LogP contribution in [-0.2, 0) is 9.05 Å². The quantitative estimate of drug-likeness (QED) is 0.781. The summed E-state index contributed by atoms with van der Waals surface area (Å²) in [6.07, 6.45) is -5.56. The van der Waals surface area contributed by atoms with Gasteiger partial charge in [0, 0.05) is 10.7 Å². The highest BCUT2D eigenvalue weighted by Crippen LogP contribution is 2.26. The second kappa shape index (κ2) is 4.40. The molecule has 0 saturated carbocycles. The first kappa shape index (κ1) is 12.3. The van der Waals surface area contributed by atoms with Gasteiger partial charge in [-0.3, -0.25) is 0 Å². The van der Waals surface area contributed by atoms with Gasteiger partial charge < -0.3 is 0 Å². The van der Waals surface area contributed by atoms with E-state index in [0.717, 1.165) is 24.3 Å². The second-order valence-corrected chi connectivity index (χ2v) is 5.31. The van der Waals surface area contributed by atoms with Gasteiger partial charge in [-0.15, -0.1) is 0 Å². The number of alkyl halides is 3. The first-order valence-corrected chi connectivity index (χ1v) is 6.10. The Kier molecular flexibility index (Phi) is 3.62. The lowest BCUT2D eigenvalue weighted by Crippen LogP contribution is -2.03. The summed E-state index contributed by atoms with van der Waals surface area (Å²) >= 11 is 0. The molecule has 0 radical (unpaired) electrons. The van der Waals surface area contributed by atoms with Crippen LogP contribution >= 0.6 is 10.7 Å². The van der Waals surface area contributed by atoms with Crippen molar-refractivity contribution in [2.45, 2.75) is 17.5 Å². The Bertz CT molecular complexity index is 430. The van der Waals surface area contributed by atoms with Crippen LogP contribution in [0.1, 0.15) is 11.7 Å². The number of hydrogen-bond acceptors (Lipinski definition) is 2. The minimum atomic E-state index is -3.90. The Morgan fingerprint density at radius 3 is 1.87 bits per heavy atom. The van der Waals surface area contributed by atoms with Gasteiger partial charge in [-0.1, -0.05) is 12.1 Å². The standard InChI is InChI=1S/C8H6ClF3O2S/c9-15(13,14)6-3-1-5(2-4-6)7(10)8(11)12/h1-4,7-8H. The van der Waals surface area contributed by atoms with E-state index in [1.807, 2.05) is 0 Å². The highest BCUT2D eigenvalue weighted by molar-refractivity contribution is 8.13. The van der Waals surface area contributed by atoms with Crippen molar-refractivity contribution in [1.82, 2.24) is 0 Å². The van der Waals surface area contributed by atoms with Crippen molar-refractivity contribution in [3.63, 3.8) is 0 Å². The van der Waals surface area contributed by atoms with E-state index >= 15 is 0 Å². The number of hydrogen-bond donors (Lipinski definition) is 0. The maximum atomic E-state index is 12.8. The smallest absolute Gasteiger partial charge is 0.236 e. The van der Waals surface area contributed by atoms with E-state index in [1.165, 1.54) is 0 Å². The van der Waals surface area contributed by atoms with Gasteiger partial charge in [-0.2, -0.15) is 0 Å². The molecule has 0 fully saturated rings. The lowest BCUT2D eigenvalue weighted by atomic mass is 10.1. The Balaban J connectivity index is 3.01. The van der Waals surface area contributed by atoms with Gasteiger partial charge in [-0.25, -0.2) is 21.6 Å². The molecule has 2 nitrogen and oxygen atoms in total. The lowest BCUT2D eigenvalue weighted by Gasteiger charge is -2.06. The van der Waals surface area contributed by atoms with E-state index in [-0.39, 0.29) is 10.5 Å². The molecule has 0 amide bonds. The van der Waals surface area contributed by atoms with Gasteiger partial charge in [-0.05, 0) is 17.7 Å². The highest BCUT2D eigenvalue weighted by atomic mass is 35.7. The Morgan fingerprint density at radius 1 is 1.07 bits per heavy atom. The fourth-order valence-corrected chi connectivity index (χ4v) is 1.73. The Hall–Kier alpha value is -0.750. The van der Waals surface area contributed by atoms with Crippen LogP contribution in [0.5, 0.6) is 0 Å². The van der Waals surface area contributed by atoms with Crippen LogP contribution in [0.4, 0.5) is 13.2 Å². The summed E-state index contributed by atoms with van der Waals surface area (Å²) in [6, 6.07) is 3.89. The predicted molar refractivity (Wildman–Crippen MR) is 49.3 cm³/mol. The van der Waals surface area contributed by atoms with Crippen LogP contribution in [-0.4, -0.2) is 14.8 Å². The van der Waals surface area contributed by atoms with Gasteiger partial charge in [0.2, 0.25) is 0 Å². The van der Waals surface area contributed by atoms with Gasteiger partial charge in [0.15, 0.2) is 6.17 Å². The molecule has 0 heterocycles. The van der Waals surface area contributed by atoms with E-state index in [4.69, 9.17) is 10.7 Å². The minimum Gasteiger partial charge on any atom is -0.236 e. The van der Waals surface area contributed by atoms with Crippen molar-refractivity contribution in [1.29, 1.82) is 0 Å². The zero-order valence-electron chi connectivity index (χ0n) is 7.20. The van der Waals surface area contributed by atoms with Crippen LogP contribution in [0, 0.1) is 0 Å². The molecule has 0 saturated heterocycles. The Morgan fingerprint density at radius 2 is 1.53 bits per heavy atom. The van der Waals surface area contributed by atoms with E-state index < -0.39 is 21.6 Å². The van der Waals surface area contributed by atoms with Crippen LogP contribution in [0.15, 0.2) is 29.2 Å². The van der Waals surface area contributed by atoms with E-state index in [0.29, 0.717) is 0 Å². The van der Waals surface area contributed by atoms with E-state index in [1.54, 1.807) is 0 Å². The van der Waals surface area contributed by atoms with Crippen molar-refractivity contribution < 1.29 is 21.6 Å². The second-order valence-electron chi connectivity index (χ2n) is 2.74. The highest BCUT2D eigenvalue weighted by Gasteiger charge is 2.21. The van der Waals surface area contributed by atoms with E-state index in [2.05, 4.69) is 0 Å². The largest absolute Gasteiger partial charge is 0.273 e. The minimum absolute atomic E-state index is 0.255. The van der Waals surface area contributed by atoms with Crippen LogP contribution in [0.25, 0.3) is 0 Å². The fourth-order valence-electron chi connectivity index (χ4n) is 0.960. The number of benzene rings is 1. The fraction of sp³-hybridized carbons (Fsp3) is 0.250. The summed E-state index contributed by atoms with van der Waals surface area (Å²) in [4.78, 5) is -0.255. The summed E-state index contributed by atoms with van der Waals surface area (Å²) in [5.41, 5.74) is -0.283. The van der Waals surface area contributed by atoms with Crippen molar-refractivity contribution in [2.24, 2.45) is 0 Å². The molecule has 0 N–H and O–H groups in total. The first-order valence-electron chi connectivity index (χ1n) is 3.79. The molecule has 1 rings (SSSR count). The molecule has 0 aliphatic rings. The van der Waals surface area contributed by atoms with Gasteiger partial charge >= 0.3 is 0 Å². The topological polar surface area (TPSA) is 34.1 Å². The average molecular weight is 259 g/mol. The molecule has 0 aliphatic carbocycles. The third-order valence-corrected chi connectivity index (χ3v) is 3.07. The van der Waals surface area contributed by atoms with Gasteiger partial charge in [0.05, 0.1) is 4.90 Å².